The van der Waals surface area contributed by atoms with Crippen LogP contribution in [0.2, 0.25) is 0 Å². The summed E-state index contributed by atoms with van der Waals surface area (Å²) < 4.78 is 6.26. The molecular formula is C37H24N2O. The fraction of sp³-hybridized carbons (Fsp3) is 0. The molecule has 0 atom stereocenters. The highest BCUT2D eigenvalue weighted by atomic mass is 16.3. The summed E-state index contributed by atoms with van der Waals surface area (Å²) in [5, 5.41) is 7.05. The molecule has 8 rings (SSSR count). The summed E-state index contributed by atoms with van der Waals surface area (Å²) >= 11 is 0. The first-order valence-electron chi connectivity index (χ1n) is 13.5. The van der Waals surface area contributed by atoms with Gasteiger partial charge in [-0.1, -0.05) is 91.0 Å². The van der Waals surface area contributed by atoms with E-state index in [1.54, 1.807) is 6.20 Å². The van der Waals surface area contributed by atoms with Crippen LogP contribution in [-0.2, 0) is 0 Å². The van der Waals surface area contributed by atoms with Crippen LogP contribution in [0.4, 0.5) is 17.1 Å². The highest BCUT2D eigenvalue weighted by Crippen LogP contribution is 2.43. The zero-order chi connectivity index (χ0) is 26.5. The van der Waals surface area contributed by atoms with Gasteiger partial charge in [-0.15, -0.1) is 0 Å². The van der Waals surface area contributed by atoms with E-state index in [0.29, 0.717) is 0 Å². The number of rotatable bonds is 4. The first kappa shape index (κ1) is 22.6. The molecule has 2 heterocycles. The Morgan fingerprint density at radius 2 is 1.15 bits per heavy atom. The lowest BCUT2D eigenvalue weighted by atomic mass is 9.98. The molecule has 0 N–H and O–H groups in total. The maximum Gasteiger partial charge on any atom is 0.153 e. The van der Waals surface area contributed by atoms with Crippen molar-refractivity contribution < 1.29 is 4.42 Å². The number of pyridine rings is 1. The number of anilines is 3. The van der Waals surface area contributed by atoms with Crippen LogP contribution in [0.1, 0.15) is 0 Å². The number of aromatic nitrogens is 1. The molecule has 3 heteroatoms. The van der Waals surface area contributed by atoms with Gasteiger partial charge in [0.15, 0.2) is 5.58 Å². The predicted octanol–water partition coefficient (Wildman–Crippen LogP) is 10.4. The minimum absolute atomic E-state index is 0.796. The zero-order valence-electron chi connectivity index (χ0n) is 21.7. The van der Waals surface area contributed by atoms with Crippen molar-refractivity contribution >= 4 is 60.5 Å². The van der Waals surface area contributed by atoms with E-state index >= 15 is 0 Å². The van der Waals surface area contributed by atoms with Gasteiger partial charge in [0, 0.05) is 39.8 Å². The van der Waals surface area contributed by atoms with Crippen LogP contribution in [0.3, 0.4) is 0 Å². The molecule has 6 aromatic carbocycles. The Kier molecular flexibility index (Phi) is 5.14. The van der Waals surface area contributed by atoms with E-state index in [9.17, 15) is 0 Å². The molecule has 0 aliphatic carbocycles. The van der Waals surface area contributed by atoms with Gasteiger partial charge in [0.25, 0.3) is 0 Å². The lowest BCUT2D eigenvalue weighted by Crippen LogP contribution is -2.10. The lowest BCUT2D eigenvalue weighted by molar-refractivity contribution is 0.667. The van der Waals surface area contributed by atoms with Crippen LogP contribution in [0.5, 0.6) is 0 Å². The molecule has 0 saturated heterocycles. The predicted molar refractivity (Wildman–Crippen MR) is 167 cm³/mol. The topological polar surface area (TPSA) is 29.3 Å². The van der Waals surface area contributed by atoms with E-state index in [-0.39, 0.29) is 0 Å². The zero-order valence-corrected chi connectivity index (χ0v) is 21.7. The largest absolute Gasteiger partial charge is 0.454 e. The van der Waals surface area contributed by atoms with Crippen molar-refractivity contribution in [1.29, 1.82) is 0 Å². The number of benzene rings is 6. The first-order chi connectivity index (χ1) is 19.8. The summed E-state index contributed by atoms with van der Waals surface area (Å²) in [6.07, 6.45) is 3.60. The van der Waals surface area contributed by atoms with Crippen molar-refractivity contribution in [3.63, 3.8) is 0 Å². The number of nitrogens with zero attached hydrogens (tertiary/aromatic N) is 2. The normalized spacial score (nSPS) is 11.5. The van der Waals surface area contributed by atoms with E-state index in [4.69, 9.17) is 4.42 Å². The Morgan fingerprint density at radius 1 is 0.475 bits per heavy atom. The van der Waals surface area contributed by atoms with Crippen molar-refractivity contribution in [3.8, 4) is 11.1 Å². The Hall–Kier alpha value is -5.41. The third-order valence-corrected chi connectivity index (χ3v) is 7.74. The standard InChI is InChI=1S/C37H24N2O/c1-2-8-25(9-3-1)26-14-16-28(17-15-26)39(29-18-19-33-34-20-21-38-24-37(34)40-36(33)23-29)35-22-27-10-4-5-11-30(27)31-12-6-7-13-32(31)35/h1-24H. The summed E-state index contributed by atoms with van der Waals surface area (Å²) in [5.74, 6) is 0. The van der Waals surface area contributed by atoms with Crippen LogP contribution >= 0.6 is 0 Å². The van der Waals surface area contributed by atoms with Gasteiger partial charge in [0.05, 0.1) is 11.9 Å². The van der Waals surface area contributed by atoms with Gasteiger partial charge in [-0.3, -0.25) is 4.98 Å². The fourth-order valence-electron chi connectivity index (χ4n) is 5.84. The Morgan fingerprint density at radius 3 is 2.00 bits per heavy atom. The molecule has 0 aliphatic heterocycles. The van der Waals surface area contributed by atoms with Gasteiger partial charge in [0.1, 0.15) is 5.58 Å². The molecule has 0 spiro atoms. The monoisotopic (exact) mass is 512 g/mol. The van der Waals surface area contributed by atoms with Crippen molar-refractivity contribution in [1.82, 2.24) is 4.98 Å². The molecule has 0 bridgehead atoms. The third-order valence-electron chi connectivity index (χ3n) is 7.74. The van der Waals surface area contributed by atoms with Crippen LogP contribution < -0.4 is 4.90 Å². The molecule has 0 amide bonds. The molecule has 0 radical (unpaired) electrons. The van der Waals surface area contributed by atoms with Crippen molar-refractivity contribution in [3.05, 3.63) is 146 Å². The summed E-state index contributed by atoms with van der Waals surface area (Å²) in [6, 6.07) is 47.4. The fourth-order valence-corrected chi connectivity index (χ4v) is 5.84. The van der Waals surface area contributed by atoms with Gasteiger partial charge < -0.3 is 9.32 Å². The number of furan rings is 1. The van der Waals surface area contributed by atoms with E-state index in [2.05, 4.69) is 137 Å². The number of fused-ring (bicyclic) bond motifs is 6. The molecule has 0 fully saturated rings. The van der Waals surface area contributed by atoms with Gasteiger partial charge in [-0.25, -0.2) is 0 Å². The molecular weight excluding hydrogens is 488 g/mol. The summed E-state index contributed by atoms with van der Waals surface area (Å²) in [6.45, 7) is 0. The SMILES string of the molecule is c1ccc(-c2ccc(N(c3ccc4c(c3)oc3cnccc34)c3cc4ccccc4c4ccccc34)cc2)cc1. The summed E-state index contributed by atoms with van der Waals surface area (Å²) in [7, 11) is 0. The highest BCUT2D eigenvalue weighted by molar-refractivity contribution is 6.15. The van der Waals surface area contributed by atoms with Crippen molar-refractivity contribution in [2.24, 2.45) is 0 Å². The molecule has 8 aromatic rings. The maximum atomic E-state index is 6.26. The van der Waals surface area contributed by atoms with Crippen LogP contribution in [0.15, 0.2) is 150 Å². The molecule has 3 nitrogen and oxygen atoms in total. The summed E-state index contributed by atoms with van der Waals surface area (Å²) in [5.41, 5.74) is 7.27. The molecule has 0 saturated carbocycles. The maximum absolute atomic E-state index is 6.26. The minimum Gasteiger partial charge on any atom is -0.454 e. The second-order valence-corrected chi connectivity index (χ2v) is 10.1. The average Bonchev–Trinajstić information content (AvgIpc) is 3.40. The van der Waals surface area contributed by atoms with Gasteiger partial charge in [0.2, 0.25) is 0 Å². The van der Waals surface area contributed by atoms with Crippen LogP contribution in [0, 0.1) is 0 Å². The smallest absolute Gasteiger partial charge is 0.153 e. The van der Waals surface area contributed by atoms with Crippen molar-refractivity contribution in [2.75, 3.05) is 4.90 Å². The Labute approximate surface area is 231 Å². The Bertz CT molecular complexity index is 2160. The Balaban J connectivity index is 1.38. The van der Waals surface area contributed by atoms with Crippen LogP contribution in [-0.4, -0.2) is 4.98 Å². The quantitative estimate of drug-likeness (QED) is 0.220. The van der Waals surface area contributed by atoms with Gasteiger partial charge in [-0.05, 0) is 63.7 Å². The van der Waals surface area contributed by atoms with Gasteiger partial charge >= 0.3 is 0 Å². The summed E-state index contributed by atoms with van der Waals surface area (Å²) in [4.78, 5) is 6.59. The van der Waals surface area contributed by atoms with E-state index in [0.717, 1.165) is 39.0 Å². The van der Waals surface area contributed by atoms with Crippen LogP contribution in [0.25, 0.3) is 54.6 Å². The van der Waals surface area contributed by atoms with E-state index in [1.165, 1.54) is 32.7 Å². The average molecular weight is 513 g/mol. The van der Waals surface area contributed by atoms with Crippen molar-refractivity contribution in [2.45, 2.75) is 0 Å². The van der Waals surface area contributed by atoms with E-state index in [1.807, 2.05) is 12.3 Å². The molecule has 188 valence electrons. The molecule has 0 aliphatic rings. The first-order valence-corrected chi connectivity index (χ1v) is 13.5. The van der Waals surface area contributed by atoms with E-state index < -0.39 is 0 Å². The minimum atomic E-state index is 0.796. The second-order valence-electron chi connectivity index (χ2n) is 10.1. The second kappa shape index (κ2) is 9.11. The number of hydrogen-bond acceptors (Lipinski definition) is 3. The van der Waals surface area contributed by atoms with Gasteiger partial charge in [-0.2, -0.15) is 0 Å². The lowest BCUT2D eigenvalue weighted by Gasteiger charge is -2.27. The molecule has 0 unspecified atom stereocenters. The molecule has 2 aromatic heterocycles. The highest BCUT2D eigenvalue weighted by Gasteiger charge is 2.19. The third kappa shape index (κ3) is 3.63. The number of hydrogen-bond donors (Lipinski definition) is 0. The molecule has 40 heavy (non-hydrogen) atoms.